The smallest absolute Gasteiger partial charge is 0.0931 e. The maximum atomic E-state index is 5.83. The fraction of sp³-hybridized carbons (Fsp3) is 0.700. The highest BCUT2D eigenvalue weighted by atomic mass is 32.1. The topological polar surface area (TPSA) is 38.9 Å². The van der Waals surface area contributed by atoms with Crippen molar-refractivity contribution in [2.45, 2.75) is 46.1 Å². The van der Waals surface area contributed by atoms with E-state index < -0.39 is 0 Å². The average molecular weight is 198 g/mol. The summed E-state index contributed by atoms with van der Waals surface area (Å²) in [5, 5.41) is 1.24. The van der Waals surface area contributed by atoms with Crippen LogP contribution >= 0.6 is 11.3 Å². The number of nitrogens with zero attached hydrogens (tertiary/aromatic N) is 1. The molecule has 1 rings (SSSR count). The maximum Gasteiger partial charge on any atom is 0.0931 e. The monoisotopic (exact) mass is 198 g/mol. The molecule has 0 saturated carbocycles. The van der Waals surface area contributed by atoms with Crippen LogP contribution in [0.4, 0.5) is 0 Å². The highest BCUT2D eigenvalue weighted by Gasteiger charge is 2.10. The summed E-state index contributed by atoms with van der Waals surface area (Å²) in [5.41, 5.74) is 6.94. The molecule has 74 valence electrons. The van der Waals surface area contributed by atoms with E-state index in [-0.39, 0.29) is 6.04 Å². The molecule has 1 aromatic rings. The van der Waals surface area contributed by atoms with Gasteiger partial charge in [-0.3, -0.25) is 0 Å². The number of aromatic nitrogens is 1. The summed E-state index contributed by atoms with van der Waals surface area (Å²) >= 11 is 1.77. The number of unbranched alkanes of at least 4 members (excludes halogenated alkanes) is 1. The lowest BCUT2D eigenvalue weighted by atomic mass is 10.2. The molecule has 0 aromatic carbocycles. The fourth-order valence-corrected chi connectivity index (χ4v) is 2.39. The summed E-state index contributed by atoms with van der Waals surface area (Å²) in [4.78, 5) is 5.75. The fourth-order valence-electron chi connectivity index (χ4n) is 1.32. The third-order valence-corrected chi connectivity index (χ3v) is 3.45. The van der Waals surface area contributed by atoms with E-state index in [0.717, 1.165) is 12.1 Å². The quantitative estimate of drug-likeness (QED) is 0.808. The van der Waals surface area contributed by atoms with Crippen molar-refractivity contribution in [3.05, 3.63) is 15.6 Å². The average Bonchev–Trinajstić information content (AvgIpc) is 2.43. The van der Waals surface area contributed by atoms with Gasteiger partial charge in [0.2, 0.25) is 0 Å². The summed E-state index contributed by atoms with van der Waals surface area (Å²) < 4.78 is 0. The zero-order chi connectivity index (χ0) is 9.84. The molecule has 0 fully saturated rings. The molecule has 1 aromatic heterocycles. The molecule has 1 atom stereocenters. The van der Waals surface area contributed by atoms with Crippen LogP contribution in [0, 0.1) is 6.92 Å². The molecule has 0 bridgehead atoms. The van der Waals surface area contributed by atoms with Crippen molar-refractivity contribution in [1.29, 1.82) is 0 Å². The van der Waals surface area contributed by atoms with Crippen LogP contribution in [0.25, 0.3) is 0 Å². The van der Waals surface area contributed by atoms with Crippen molar-refractivity contribution in [2.75, 3.05) is 0 Å². The van der Waals surface area contributed by atoms with E-state index >= 15 is 0 Å². The van der Waals surface area contributed by atoms with Gasteiger partial charge in [-0.15, -0.1) is 11.3 Å². The Bertz CT molecular complexity index is 266. The molecule has 0 spiro atoms. The van der Waals surface area contributed by atoms with E-state index in [1.807, 2.05) is 13.8 Å². The molecule has 0 aliphatic heterocycles. The SMILES string of the molecule is CCCCc1nc(C)c(C(C)N)s1. The highest BCUT2D eigenvalue weighted by molar-refractivity contribution is 7.11. The molecule has 0 amide bonds. The Balaban J connectivity index is 2.71. The van der Waals surface area contributed by atoms with E-state index in [0.29, 0.717) is 0 Å². The lowest BCUT2D eigenvalue weighted by Crippen LogP contribution is -2.03. The third kappa shape index (κ3) is 2.78. The summed E-state index contributed by atoms with van der Waals surface area (Å²) in [7, 11) is 0. The third-order valence-electron chi connectivity index (χ3n) is 2.03. The van der Waals surface area contributed by atoms with Crippen molar-refractivity contribution >= 4 is 11.3 Å². The van der Waals surface area contributed by atoms with Gasteiger partial charge in [-0.2, -0.15) is 0 Å². The lowest BCUT2D eigenvalue weighted by Gasteiger charge is -1.99. The molecule has 1 unspecified atom stereocenters. The summed E-state index contributed by atoms with van der Waals surface area (Å²) in [6, 6.07) is 0.132. The van der Waals surface area contributed by atoms with Crippen molar-refractivity contribution < 1.29 is 0 Å². The normalized spacial score (nSPS) is 13.2. The Morgan fingerprint density at radius 2 is 2.23 bits per heavy atom. The van der Waals surface area contributed by atoms with Crippen LogP contribution in [0.15, 0.2) is 0 Å². The molecule has 2 nitrogen and oxygen atoms in total. The van der Waals surface area contributed by atoms with Crippen LogP contribution in [0.5, 0.6) is 0 Å². The minimum atomic E-state index is 0.132. The molecule has 3 heteroatoms. The Morgan fingerprint density at radius 3 is 2.69 bits per heavy atom. The number of hydrogen-bond acceptors (Lipinski definition) is 3. The van der Waals surface area contributed by atoms with Gasteiger partial charge in [0.1, 0.15) is 0 Å². The van der Waals surface area contributed by atoms with Crippen molar-refractivity contribution in [3.8, 4) is 0 Å². The molecule has 13 heavy (non-hydrogen) atoms. The van der Waals surface area contributed by atoms with Crippen LogP contribution in [0.1, 0.15) is 48.3 Å². The standard InChI is InChI=1S/C10H18N2S/c1-4-5-6-9-12-8(3)10(13-9)7(2)11/h7H,4-6,11H2,1-3H3. The molecule has 0 aliphatic rings. The summed E-state index contributed by atoms with van der Waals surface area (Å²) in [6.45, 7) is 6.27. The molecular weight excluding hydrogens is 180 g/mol. The summed E-state index contributed by atoms with van der Waals surface area (Å²) in [5.74, 6) is 0. The van der Waals surface area contributed by atoms with Gasteiger partial charge in [0.15, 0.2) is 0 Å². The molecule has 0 aliphatic carbocycles. The van der Waals surface area contributed by atoms with Crippen molar-refractivity contribution in [1.82, 2.24) is 4.98 Å². The molecular formula is C10H18N2S. The minimum Gasteiger partial charge on any atom is -0.323 e. The second-order valence-electron chi connectivity index (χ2n) is 3.45. The maximum absolute atomic E-state index is 5.83. The Morgan fingerprint density at radius 1 is 1.54 bits per heavy atom. The van der Waals surface area contributed by atoms with Gasteiger partial charge in [0.25, 0.3) is 0 Å². The van der Waals surface area contributed by atoms with E-state index in [1.165, 1.54) is 22.7 Å². The first-order valence-corrected chi connectivity index (χ1v) is 5.68. The van der Waals surface area contributed by atoms with Crippen molar-refractivity contribution in [2.24, 2.45) is 5.73 Å². The minimum absolute atomic E-state index is 0.132. The number of aryl methyl sites for hydroxylation is 2. The van der Waals surface area contributed by atoms with Gasteiger partial charge in [0.05, 0.1) is 10.7 Å². The zero-order valence-corrected chi connectivity index (χ0v) is 9.45. The predicted molar refractivity (Wildman–Crippen MR) is 58.1 cm³/mol. The van der Waals surface area contributed by atoms with Crippen LogP contribution in [0.2, 0.25) is 0 Å². The van der Waals surface area contributed by atoms with Gasteiger partial charge >= 0.3 is 0 Å². The predicted octanol–water partition coefficient (Wildman–Crippen LogP) is 2.81. The first-order chi connectivity index (χ1) is 6.15. The summed E-state index contributed by atoms with van der Waals surface area (Å²) in [6.07, 6.45) is 3.56. The number of nitrogens with two attached hydrogens (primary N) is 1. The number of hydrogen-bond donors (Lipinski definition) is 1. The molecule has 0 radical (unpaired) electrons. The second-order valence-corrected chi connectivity index (χ2v) is 4.56. The van der Waals surface area contributed by atoms with Crippen LogP contribution < -0.4 is 5.73 Å². The largest absolute Gasteiger partial charge is 0.323 e. The van der Waals surface area contributed by atoms with Gasteiger partial charge in [-0.25, -0.2) is 4.98 Å². The first-order valence-electron chi connectivity index (χ1n) is 4.87. The van der Waals surface area contributed by atoms with E-state index in [9.17, 15) is 0 Å². The van der Waals surface area contributed by atoms with Crippen LogP contribution in [0.3, 0.4) is 0 Å². The van der Waals surface area contributed by atoms with E-state index in [2.05, 4.69) is 11.9 Å². The lowest BCUT2D eigenvalue weighted by molar-refractivity contribution is 0.786. The Hall–Kier alpha value is -0.410. The van der Waals surface area contributed by atoms with Gasteiger partial charge < -0.3 is 5.73 Å². The van der Waals surface area contributed by atoms with Crippen LogP contribution in [-0.2, 0) is 6.42 Å². The van der Waals surface area contributed by atoms with Crippen LogP contribution in [-0.4, -0.2) is 4.98 Å². The molecule has 2 N–H and O–H groups in total. The highest BCUT2D eigenvalue weighted by Crippen LogP contribution is 2.24. The van der Waals surface area contributed by atoms with Gasteiger partial charge in [0, 0.05) is 10.9 Å². The van der Waals surface area contributed by atoms with Gasteiger partial charge in [-0.1, -0.05) is 13.3 Å². The zero-order valence-electron chi connectivity index (χ0n) is 8.63. The second kappa shape index (κ2) is 4.72. The number of rotatable bonds is 4. The van der Waals surface area contributed by atoms with Gasteiger partial charge in [-0.05, 0) is 26.7 Å². The van der Waals surface area contributed by atoms with E-state index in [4.69, 9.17) is 5.73 Å². The number of thiazole rings is 1. The van der Waals surface area contributed by atoms with Crippen molar-refractivity contribution in [3.63, 3.8) is 0 Å². The molecule has 1 heterocycles. The first kappa shape index (κ1) is 10.7. The van der Waals surface area contributed by atoms with E-state index in [1.54, 1.807) is 11.3 Å². The Labute approximate surface area is 84.2 Å². The molecule has 0 saturated heterocycles. The Kier molecular flexibility index (Phi) is 3.88.